The lowest BCUT2D eigenvalue weighted by atomic mass is 10.0. The quantitative estimate of drug-likeness (QED) is 0.811. The van der Waals surface area contributed by atoms with E-state index in [-0.39, 0.29) is 11.7 Å². The van der Waals surface area contributed by atoms with E-state index in [1.54, 1.807) is 0 Å². The Morgan fingerprint density at radius 1 is 1.27 bits per heavy atom. The first-order valence-electron chi connectivity index (χ1n) is 4.93. The molecule has 0 bridgehead atoms. The molecule has 0 amide bonds. The zero-order chi connectivity index (χ0) is 11.3. The second-order valence-corrected chi connectivity index (χ2v) is 6.07. The Morgan fingerprint density at radius 3 is 2.33 bits per heavy atom. The van der Waals surface area contributed by atoms with Crippen LogP contribution >= 0.6 is 0 Å². The van der Waals surface area contributed by atoms with E-state index >= 15 is 0 Å². The molecule has 3 nitrogen and oxygen atoms in total. The first-order valence-corrected chi connectivity index (χ1v) is 6.99. The van der Waals surface area contributed by atoms with E-state index in [1.807, 2.05) is 30.3 Å². The van der Waals surface area contributed by atoms with E-state index in [2.05, 4.69) is 0 Å². The van der Waals surface area contributed by atoms with Crippen LogP contribution in [-0.2, 0) is 16.3 Å². The van der Waals surface area contributed by atoms with Crippen molar-refractivity contribution < 1.29 is 8.42 Å². The molecule has 0 aliphatic heterocycles. The summed E-state index contributed by atoms with van der Waals surface area (Å²) < 4.78 is 22.3. The van der Waals surface area contributed by atoms with Gasteiger partial charge in [-0.1, -0.05) is 30.3 Å². The van der Waals surface area contributed by atoms with Crippen molar-refractivity contribution in [2.45, 2.75) is 6.42 Å². The molecular formula is C11H17NO2S. The van der Waals surface area contributed by atoms with Crippen LogP contribution in [0.3, 0.4) is 0 Å². The summed E-state index contributed by atoms with van der Waals surface area (Å²) in [6, 6.07) is 9.82. The maximum absolute atomic E-state index is 11.1. The van der Waals surface area contributed by atoms with Gasteiger partial charge in [-0.15, -0.1) is 0 Å². The Balaban J connectivity index is 2.63. The molecule has 1 aromatic carbocycles. The highest BCUT2D eigenvalue weighted by atomic mass is 32.2. The Bertz CT molecular complexity index is 386. The molecule has 1 rings (SSSR count). The van der Waals surface area contributed by atoms with E-state index in [1.165, 1.54) is 6.26 Å². The third kappa shape index (κ3) is 4.95. The number of rotatable bonds is 5. The van der Waals surface area contributed by atoms with Crippen molar-refractivity contribution in [1.29, 1.82) is 0 Å². The second kappa shape index (κ2) is 5.28. The van der Waals surface area contributed by atoms with Crippen LogP contribution in [0.2, 0.25) is 0 Å². The summed E-state index contributed by atoms with van der Waals surface area (Å²) in [4.78, 5) is 0. The molecule has 0 spiro atoms. The van der Waals surface area contributed by atoms with Crippen molar-refractivity contribution in [1.82, 2.24) is 0 Å². The molecule has 0 fully saturated rings. The third-order valence-corrected chi connectivity index (χ3v) is 3.32. The van der Waals surface area contributed by atoms with Crippen LogP contribution in [0.5, 0.6) is 0 Å². The molecule has 4 heteroatoms. The molecule has 1 aromatic rings. The van der Waals surface area contributed by atoms with Crippen molar-refractivity contribution in [2.24, 2.45) is 11.7 Å². The summed E-state index contributed by atoms with van der Waals surface area (Å²) in [7, 11) is -2.94. The predicted octanol–water partition coefficient (Wildman–Crippen LogP) is 0.849. The standard InChI is InChI=1S/C11H17NO2S/c1-15(13,14)9-11(8-12)7-10-5-3-2-4-6-10/h2-6,11H,7-9,12H2,1H3. The van der Waals surface area contributed by atoms with Gasteiger partial charge in [0.05, 0.1) is 5.75 Å². The second-order valence-electron chi connectivity index (χ2n) is 3.88. The molecule has 0 saturated heterocycles. The molecule has 0 heterocycles. The Hall–Kier alpha value is -0.870. The van der Waals surface area contributed by atoms with E-state index in [0.717, 1.165) is 12.0 Å². The molecule has 84 valence electrons. The molecule has 1 atom stereocenters. The Kier molecular flexibility index (Phi) is 4.29. The highest BCUT2D eigenvalue weighted by molar-refractivity contribution is 7.90. The molecule has 2 N–H and O–H groups in total. The van der Waals surface area contributed by atoms with Crippen LogP contribution in [0.15, 0.2) is 30.3 Å². The molecule has 1 unspecified atom stereocenters. The zero-order valence-electron chi connectivity index (χ0n) is 8.89. The van der Waals surface area contributed by atoms with Crippen molar-refractivity contribution in [3.8, 4) is 0 Å². The summed E-state index contributed by atoms with van der Waals surface area (Å²) in [6.45, 7) is 0.405. The lowest BCUT2D eigenvalue weighted by molar-refractivity contribution is 0.556. The lowest BCUT2D eigenvalue weighted by Crippen LogP contribution is -2.24. The van der Waals surface area contributed by atoms with Gasteiger partial charge in [-0.2, -0.15) is 0 Å². The molecule has 0 radical (unpaired) electrons. The normalized spacial score (nSPS) is 13.7. The van der Waals surface area contributed by atoms with Gasteiger partial charge >= 0.3 is 0 Å². The first-order chi connectivity index (χ1) is 7.01. The largest absolute Gasteiger partial charge is 0.330 e. The summed E-state index contributed by atoms with van der Waals surface area (Å²) in [5, 5.41) is 0. The fourth-order valence-corrected chi connectivity index (χ4v) is 2.70. The van der Waals surface area contributed by atoms with Crippen LogP contribution < -0.4 is 5.73 Å². The topological polar surface area (TPSA) is 60.2 Å². The molecule has 15 heavy (non-hydrogen) atoms. The maximum Gasteiger partial charge on any atom is 0.147 e. The summed E-state index contributed by atoms with van der Waals surface area (Å²) >= 11 is 0. The van der Waals surface area contributed by atoms with Crippen LogP contribution in [0, 0.1) is 5.92 Å². The number of nitrogens with two attached hydrogens (primary N) is 1. The van der Waals surface area contributed by atoms with Crippen LogP contribution in [0.1, 0.15) is 5.56 Å². The summed E-state index contributed by atoms with van der Waals surface area (Å²) in [6.07, 6.45) is 1.98. The SMILES string of the molecule is CS(=O)(=O)CC(CN)Cc1ccccc1. The van der Waals surface area contributed by atoms with E-state index in [9.17, 15) is 8.42 Å². The van der Waals surface area contributed by atoms with Crippen molar-refractivity contribution in [3.63, 3.8) is 0 Å². The average molecular weight is 227 g/mol. The van der Waals surface area contributed by atoms with Gasteiger partial charge in [-0.25, -0.2) is 8.42 Å². The number of sulfone groups is 1. The predicted molar refractivity (Wildman–Crippen MR) is 62.4 cm³/mol. The smallest absolute Gasteiger partial charge is 0.147 e. The maximum atomic E-state index is 11.1. The highest BCUT2D eigenvalue weighted by Crippen LogP contribution is 2.09. The highest BCUT2D eigenvalue weighted by Gasteiger charge is 2.14. The fourth-order valence-electron chi connectivity index (χ4n) is 1.59. The van der Waals surface area contributed by atoms with Gasteiger partial charge < -0.3 is 5.73 Å². The van der Waals surface area contributed by atoms with Crippen LogP contribution in [0.25, 0.3) is 0 Å². The van der Waals surface area contributed by atoms with E-state index in [4.69, 9.17) is 5.73 Å². The van der Waals surface area contributed by atoms with Gasteiger partial charge in [0.1, 0.15) is 9.84 Å². The monoisotopic (exact) mass is 227 g/mol. The molecule has 0 aliphatic carbocycles. The Morgan fingerprint density at radius 2 is 1.87 bits per heavy atom. The van der Waals surface area contributed by atoms with Crippen molar-refractivity contribution in [2.75, 3.05) is 18.6 Å². The van der Waals surface area contributed by atoms with E-state index in [0.29, 0.717) is 6.54 Å². The van der Waals surface area contributed by atoms with Gasteiger partial charge in [-0.3, -0.25) is 0 Å². The molecule has 0 aliphatic rings. The summed E-state index contributed by atoms with van der Waals surface area (Å²) in [5.74, 6) is 0.181. The fraction of sp³-hybridized carbons (Fsp3) is 0.455. The van der Waals surface area contributed by atoms with Gasteiger partial charge in [0.25, 0.3) is 0 Å². The van der Waals surface area contributed by atoms with Gasteiger partial charge in [0.15, 0.2) is 0 Å². The molecule has 0 saturated carbocycles. The van der Waals surface area contributed by atoms with Crippen LogP contribution in [-0.4, -0.2) is 27.0 Å². The lowest BCUT2D eigenvalue weighted by Gasteiger charge is -2.13. The van der Waals surface area contributed by atoms with Gasteiger partial charge in [0.2, 0.25) is 0 Å². The molecule has 0 aromatic heterocycles. The zero-order valence-corrected chi connectivity index (χ0v) is 9.70. The van der Waals surface area contributed by atoms with Crippen molar-refractivity contribution >= 4 is 9.84 Å². The number of benzene rings is 1. The van der Waals surface area contributed by atoms with Crippen molar-refractivity contribution in [3.05, 3.63) is 35.9 Å². The average Bonchev–Trinajstić information content (AvgIpc) is 2.16. The van der Waals surface area contributed by atoms with Crippen LogP contribution in [0.4, 0.5) is 0 Å². The van der Waals surface area contributed by atoms with Gasteiger partial charge in [0, 0.05) is 6.26 Å². The number of hydrogen-bond acceptors (Lipinski definition) is 3. The molecular weight excluding hydrogens is 210 g/mol. The number of hydrogen-bond donors (Lipinski definition) is 1. The summed E-state index contributed by atoms with van der Waals surface area (Å²) in [5.41, 5.74) is 6.70. The van der Waals surface area contributed by atoms with Gasteiger partial charge in [-0.05, 0) is 24.4 Å². The minimum Gasteiger partial charge on any atom is -0.330 e. The minimum absolute atomic E-state index is 0.0161. The first kappa shape index (κ1) is 12.2. The Labute approximate surface area is 91.2 Å². The van der Waals surface area contributed by atoms with E-state index < -0.39 is 9.84 Å². The third-order valence-electron chi connectivity index (χ3n) is 2.24. The minimum atomic E-state index is -2.94.